The Morgan fingerprint density at radius 1 is 1.25 bits per heavy atom. The number of amides is 1. The zero-order valence-corrected chi connectivity index (χ0v) is 12.0. The minimum absolute atomic E-state index is 0.0245. The molecule has 2 saturated heterocycles. The van der Waals surface area contributed by atoms with Crippen molar-refractivity contribution in [2.24, 2.45) is 0 Å². The average molecular weight is 274 g/mol. The molecule has 1 amide bonds. The van der Waals surface area contributed by atoms with Gasteiger partial charge in [0.1, 0.15) is 6.17 Å². The topological polar surface area (TPSA) is 41.6 Å². The summed E-state index contributed by atoms with van der Waals surface area (Å²) in [5, 5.41) is 3.34. The normalized spacial score (nSPS) is 24.4. The van der Waals surface area contributed by atoms with E-state index in [1.807, 2.05) is 4.90 Å². The summed E-state index contributed by atoms with van der Waals surface area (Å²) in [7, 11) is 0. The molecule has 4 heteroatoms. The lowest BCUT2D eigenvalue weighted by molar-refractivity contribution is -0.132. The third-order valence-corrected chi connectivity index (χ3v) is 4.30. The summed E-state index contributed by atoms with van der Waals surface area (Å²) < 4.78 is 5.41. The highest BCUT2D eigenvalue weighted by atomic mass is 16.5. The van der Waals surface area contributed by atoms with Crippen LogP contribution in [0.3, 0.4) is 0 Å². The summed E-state index contributed by atoms with van der Waals surface area (Å²) >= 11 is 0. The van der Waals surface area contributed by atoms with Gasteiger partial charge in [-0.2, -0.15) is 0 Å². The van der Waals surface area contributed by atoms with Crippen LogP contribution in [0.4, 0.5) is 0 Å². The summed E-state index contributed by atoms with van der Waals surface area (Å²) in [4.78, 5) is 14.2. The second kappa shape index (κ2) is 5.94. The summed E-state index contributed by atoms with van der Waals surface area (Å²) in [6, 6.07) is 8.90. The smallest absolute Gasteiger partial charge is 0.238 e. The molecule has 2 aliphatic heterocycles. The first kappa shape index (κ1) is 13.6. The monoisotopic (exact) mass is 274 g/mol. The molecular formula is C16H22N2O2. The molecule has 0 aliphatic carbocycles. The van der Waals surface area contributed by atoms with E-state index in [1.165, 1.54) is 11.1 Å². The molecule has 3 rings (SSSR count). The molecule has 2 aliphatic rings. The Hall–Kier alpha value is -1.39. The Morgan fingerprint density at radius 2 is 1.95 bits per heavy atom. The van der Waals surface area contributed by atoms with E-state index in [4.69, 9.17) is 4.74 Å². The van der Waals surface area contributed by atoms with Crippen LogP contribution in [0.15, 0.2) is 24.3 Å². The van der Waals surface area contributed by atoms with Crippen LogP contribution in [0, 0.1) is 0 Å². The van der Waals surface area contributed by atoms with Gasteiger partial charge >= 0.3 is 0 Å². The van der Waals surface area contributed by atoms with E-state index in [0.29, 0.717) is 12.6 Å². The quantitative estimate of drug-likeness (QED) is 0.914. The second-order valence-corrected chi connectivity index (χ2v) is 5.52. The molecule has 0 aromatic heterocycles. The summed E-state index contributed by atoms with van der Waals surface area (Å²) in [6.07, 6.45) is 2.95. The van der Waals surface area contributed by atoms with Crippen LogP contribution >= 0.6 is 0 Å². The first-order valence-corrected chi connectivity index (χ1v) is 7.50. The SMILES string of the molecule is CCc1ccc(C2NCC(=O)N2C2CCOCC2)cc1. The molecule has 0 bridgehead atoms. The number of nitrogens with zero attached hydrogens (tertiary/aromatic N) is 1. The Balaban J connectivity index is 1.80. The van der Waals surface area contributed by atoms with Crippen LogP contribution < -0.4 is 5.32 Å². The lowest BCUT2D eigenvalue weighted by Gasteiger charge is -2.35. The van der Waals surface area contributed by atoms with Gasteiger partial charge in [-0.05, 0) is 30.4 Å². The third kappa shape index (κ3) is 2.58. The lowest BCUT2D eigenvalue weighted by atomic mass is 10.0. The molecule has 1 aromatic carbocycles. The predicted molar refractivity (Wildman–Crippen MR) is 77.3 cm³/mol. The maximum absolute atomic E-state index is 12.2. The molecule has 0 radical (unpaired) electrons. The van der Waals surface area contributed by atoms with E-state index in [0.717, 1.165) is 32.5 Å². The predicted octanol–water partition coefficient (Wildman–Crippen LogP) is 1.86. The Bertz CT molecular complexity index is 466. The van der Waals surface area contributed by atoms with Crippen molar-refractivity contribution in [2.45, 2.75) is 38.4 Å². The van der Waals surface area contributed by atoms with Gasteiger partial charge in [-0.15, -0.1) is 0 Å². The van der Waals surface area contributed by atoms with Gasteiger partial charge in [0.25, 0.3) is 0 Å². The van der Waals surface area contributed by atoms with Crippen molar-refractivity contribution in [3.63, 3.8) is 0 Å². The van der Waals surface area contributed by atoms with Gasteiger partial charge in [0.05, 0.1) is 6.54 Å². The molecule has 1 atom stereocenters. The minimum Gasteiger partial charge on any atom is -0.381 e. The maximum Gasteiger partial charge on any atom is 0.238 e. The van der Waals surface area contributed by atoms with Crippen molar-refractivity contribution in [3.05, 3.63) is 35.4 Å². The van der Waals surface area contributed by atoms with E-state index in [9.17, 15) is 4.79 Å². The number of carbonyl (C=O) groups is 1. The van der Waals surface area contributed by atoms with E-state index in [-0.39, 0.29) is 12.1 Å². The molecule has 20 heavy (non-hydrogen) atoms. The lowest BCUT2D eigenvalue weighted by Crippen LogP contribution is -2.42. The van der Waals surface area contributed by atoms with Gasteiger partial charge < -0.3 is 9.64 Å². The van der Waals surface area contributed by atoms with Crippen molar-refractivity contribution in [1.82, 2.24) is 10.2 Å². The van der Waals surface area contributed by atoms with Crippen molar-refractivity contribution >= 4 is 5.91 Å². The van der Waals surface area contributed by atoms with Gasteiger partial charge in [0.15, 0.2) is 0 Å². The number of ether oxygens (including phenoxy) is 1. The standard InChI is InChI=1S/C16H22N2O2/c1-2-12-3-5-13(6-4-12)16-17-11-15(19)18(16)14-7-9-20-10-8-14/h3-6,14,16-17H,2,7-11H2,1H3. The van der Waals surface area contributed by atoms with Crippen molar-refractivity contribution in [2.75, 3.05) is 19.8 Å². The molecule has 0 spiro atoms. The molecule has 0 saturated carbocycles. The Labute approximate surface area is 120 Å². The van der Waals surface area contributed by atoms with Crippen molar-refractivity contribution in [3.8, 4) is 0 Å². The van der Waals surface area contributed by atoms with E-state index in [2.05, 4.69) is 36.5 Å². The Morgan fingerprint density at radius 3 is 2.60 bits per heavy atom. The average Bonchev–Trinajstić information content (AvgIpc) is 2.90. The molecular weight excluding hydrogens is 252 g/mol. The first-order valence-electron chi connectivity index (χ1n) is 7.50. The van der Waals surface area contributed by atoms with E-state index < -0.39 is 0 Å². The van der Waals surface area contributed by atoms with Crippen molar-refractivity contribution in [1.29, 1.82) is 0 Å². The minimum atomic E-state index is 0.0245. The third-order valence-electron chi connectivity index (χ3n) is 4.30. The van der Waals surface area contributed by atoms with E-state index >= 15 is 0 Å². The number of aryl methyl sites for hydroxylation is 1. The fourth-order valence-electron chi connectivity index (χ4n) is 3.11. The maximum atomic E-state index is 12.2. The number of benzene rings is 1. The molecule has 108 valence electrons. The molecule has 4 nitrogen and oxygen atoms in total. The summed E-state index contributed by atoms with van der Waals surface area (Å²) in [6.45, 7) is 4.12. The largest absolute Gasteiger partial charge is 0.381 e. The number of carbonyl (C=O) groups excluding carboxylic acids is 1. The van der Waals surface area contributed by atoms with Crippen LogP contribution in [0.1, 0.15) is 37.1 Å². The van der Waals surface area contributed by atoms with Gasteiger partial charge in [0.2, 0.25) is 5.91 Å². The Kier molecular flexibility index (Phi) is 4.03. The molecule has 1 unspecified atom stereocenters. The summed E-state index contributed by atoms with van der Waals surface area (Å²) in [5.74, 6) is 0.210. The second-order valence-electron chi connectivity index (χ2n) is 5.52. The highest BCUT2D eigenvalue weighted by Gasteiger charge is 2.37. The molecule has 2 fully saturated rings. The van der Waals surface area contributed by atoms with Crippen LogP contribution in [0.25, 0.3) is 0 Å². The zero-order chi connectivity index (χ0) is 13.9. The number of hydrogen-bond acceptors (Lipinski definition) is 3. The van der Waals surface area contributed by atoms with Gasteiger partial charge in [-0.1, -0.05) is 31.2 Å². The molecule has 1 N–H and O–H groups in total. The molecule has 2 heterocycles. The van der Waals surface area contributed by atoms with Crippen LogP contribution in [-0.2, 0) is 16.0 Å². The van der Waals surface area contributed by atoms with Crippen LogP contribution in [-0.4, -0.2) is 36.6 Å². The first-order chi connectivity index (χ1) is 9.79. The van der Waals surface area contributed by atoms with Crippen molar-refractivity contribution < 1.29 is 9.53 Å². The summed E-state index contributed by atoms with van der Waals surface area (Å²) in [5.41, 5.74) is 2.51. The van der Waals surface area contributed by atoms with Gasteiger partial charge in [-0.25, -0.2) is 0 Å². The number of hydrogen-bond donors (Lipinski definition) is 1. The van der Waals surface area contributed by atoms with E-state index in [1.54, 1.807) is 0 Å². The number of nitrogens with one attached hydrogen (secondary N) is 1. The molecule has 1 aromatic rings. The van der Waals surface area contributed by atoms with Crippen LogP contribution in [0.2, 0.25) is 0 Å². The van der Waals surface area contributed by atoms with Gasteiger partial charge in [-0.3, -0.25) is 10.1 Å². The van der Waals surface area contributed by atoms with Crippen LogP contribution in [0.5, 0.6) is 0 Å². The highest BCUT2D eigenvalue weighted by molar-refractivity contribution is 5.81. The number of rotatable bonds is 3. The van der Waals surface area contributed by atoms with Gasteiger partial charge in [0, 0.05) is 19.3 Å². The highest BCUT2D eigenvalue weighted by Crippen LogP contribution is 2.28. The fourth-order valence-corrected chi connectivity index (χ4v) is 3.11. The zero-order valence-electron chi connectivity index (χ0n) is 12.0. The fraction of sp³-hybridized carbons (Fsp3) is 0.562.